The molecule has 2 aromatic rings. The maximum atomic E-state index is 12.7. The van der Waals surface area contributed by atoms with Gasteiger partial charge in [-0.25, -0.2) is 0 Å². The van der Waals surface area contributed by atoms with Crippen LogP contribution in [0.4, 0.5) is 0 Å². The first-order valence-electron chi connectivity index (χ1n) is 12.7. The van der Waals surface area contributed by atoms with Crippen molar-refractivity contribution in [2.45, 2.75) is 59.2 Å². The molecule has 0 fully saturated rings. The molecule has 0 aliphatic carbocycles. The third-order valence-corrected chi connectivity index (χ3v) is 7.55. The summed E-state index contributed by atoms with van der Waals surface area (Å²) >= 11 is 0. The normalized spacial score (nSPS) is 19.3. The van der Waals surface area contributed by atoms with Crippen LogP contribution in [0.5, 0.6) is 5.75 Å². The van der Waals surface area contributed by atoms with Crippen molar-refractivity contribution < 1.29 is 28.7 Å². The monoisotopic (exact) mass is 508 g/mol. The van der Waals surface area contributed by atoms with Crippen LogP contribution in [-0.4, -0.2) is 60.7 Å². The molecule has 3 atom stereocenters. The Bertz CT molecular complexity index is 1160. The zero-order chi connectivity index (χ0) is 26.9. The van der Waals surface area contributed by atoms with Crippen molar-refractivity contribution >= 4 is 17.8 Å². The molecule has 2 heterocycles. The zero-order valence-electron chi connectivity index (χ0n) is 22.4. The van der Waals surface area contributed by atoms with E-state index >= 15 is 0 Å². The molecule has 8 heteroatoms. The predicted octanol–water partition coefficient (Wildman–Crippen LogP) is 4.26. The number of ether oxygens (including phenoxy) is 2. The van der Waals surface area contributed by atoms with Crippen LogP contribution in [0.1, 0.15) is 66.0 Å². The number of likely N-dealkylation sites (N-methyl/N-ethyl adjacent to an activating group) is 1. The average molecular weight is 509 g/mol. The quantitative estimate of drug-likeness (QED) is 0.370. The van der Waals surface area contributed by atoms with Gasteiger partial charge in [-0.3, -0.25) is 24.1 Å². The number of hydrogen-bond donors (Lipinski definition) is 0. The van der Waals surface area contributed by atoms with Crippen molar-refractivity contribution in [3.8, 4) is 5.75 Å². The van der Waals surface area contributed by atoms with Crippen molar-refractivity contribution in [3.05, 3.63) is 64.7 Å². The van der Waals surface area contributed by atoms with Gasteiger partial charge in [0.2, 0.25) is 0 Å². The number of imide groups is 1. The van der Waals surface area contributed by atoms with Crippen molar-refractivity contribution in [1.82, 2.24) is 9.96 Å². The van der Waals surface area contributed by atoms with E-state index < -0.39 is 11.8 Å². The van der Waals surface area contributed by atoms with Gasteiger partial charge in [0.15, 0.2) is 0 Å². The van der Waals surface area contributed by atoms with Crippen LogP contribution in [0.15, 0.2) is 42.5 Å². The van der Waals surface area contributed by atoms with Gasteiger partial charge >= 0.3 is 5.97 Å². The summed E-state index contributed by atoms with van der Waals surface area (Å²) in [7, 11) is 3.34. The predicted molar refractivity (Wildman–Crippen MR) is 138 cm³/mol. The van der Waals surface area contributed by atoms with Crippen LogP contribution in [0.25, 0.3) is 0 Å². The molecule has 4 rings (SSSR count). The maximum Gasteiger partial charge on any atom is 0.323 e. The standard InChI is InChI=1S/C29H36N2O6/c1-18(17-36-22-12-11-20-14-25(28(34)35-6)30(5)16-21(20)13-22)15-29(3,4)19(2)37-31-26(32)23-9-7-8-10-24(23)27(31)33/h7-13,18-19,25H,14-17H2,1-6H3. The summed E-state index contributed by atoms with van der Waals surface area (Å²) in [4.78, 5) is 45.3. The van der Waals surface area contributed by atoms with Gasteiger partial charge in [-0.2, -0.15) is 0 Å². The lowest BCUT2D eigenvalue weighted by Gasteiger charge is -2.35. The Morgan fingerprint density at radius 2 is 1.70 bits per heavy atom. The third-order valence-electron chi connectivity index (χ3n) is 7.55. The Morgan fingerprint density at radius 3 is 2.32 bits per heavy atom. The van der Waals surface area contributed by atoms with E-state index in [9.17, 15) is 14.4 Å². The molecule has 2 aromatic carbocycles. The molecular formula is C29H36N2O6. The summed E-state index contributed by atoms with van der Waals surface area (Å²) in [5, 5.41) is 0.896. The topological polar surface area (TPSA) is 85.4 Å². The van der Waals surface area contributed by atoms with Crippen LogP contribution in [0.3, 0.4) is 0 Å². The Labute approximate surface area is 218 Å². The van der Waals surface area contributed by atoms with E-state index in [0.29, 0.717) is 30.7 Å². The molecule has 0 saturated heterocycles. The molecule has 0 radical (unpaired) electrons. The second kappa shape index (κ2) is 10.6. The van der Waals surface area contributed by atoms with Gasteiger partial charge in [-0.15, -0.1) is 5.06 Å². The Morgan fingerprint density at radius 1 is 1.05 bits per heavy atom. The van der Waals surface area contributed by atoms with Crippen LogP contribution in [-0.2, 0) is 27.3 Å². The Hall–Kier alpha value is -3.23. The molecule has 8 nitrogen and oxygen atoms in total. The van der Waals surface area contributed by atoms with E-state index in [2.05, 4.69) is 20.8 Å². The van der Waals surface area contributed by atoms with Gasteiger partial charge in [0.25, 0.3) is 11.8 Å². The summed E-state index contributed by atoms with van der Waals surface area (Å²) < 4.78 is 11.1. The lowest BCUT2D eigenvalue weighted by Crippen LogP contribution is -2.43. The number of nitrogens with zero attached hydrogens (tertiary/aromatic N) is 2. The number of hydroxylamine groups is 2. The fourth-order valence-corrected chi connectivity index (χ4v) is 5.11. The second-order valence-electron chi connectivity index (χ2n) is 10.9. The largest absolute Gasteiger partial charge is 0.493 e. The third kappa shape index (κ3) is 5.55. The maximum absolute atomic E-state index is 12.7. The highest BCUT2D eigenvalue weighted by Crippen LogP contribution is 2.34. The number of amides is 2. The highest BCUT2D eigenvalue weighted by Gasteiger charge is 2.40. The molecule has 0 bridgehead atoms. The van der Waals surface area contributed by atoms with Gasteiger partial charge < -0.3 is 9.47 Å². The highest BCUT2D eigenvalue weighted by molar-refractivity contribution is 6.20. The number of carbonyl (C=O) groups excluding carboxylic acids is 3. The summed E-state index contributed by atoms with van der Waals surface area (Å²) in [6.45, 7) is 9.31. The van der Waals surface area contributed by atoms with Crippen molar-refractivity contribution in [2.75, 3.05) is 20.8 Å². The van der Waals surface area contributed by atoms with Crippen molar-refractivity contribution in [3.63, 3.8) is 0 Å². The van der Waals surface area contributed by atoms with Crippen LogP contribution < -0.4 is 4.74 Å². The Kier molecular flexibility index (Phi) is 7.71. The molecular weight excluding hydrogens is 472 g/mol. The van der Waals surface area contributed by atoms with Crippen LogP contribution >= 0.6 is 0 Å². The van der Waals surface area contributed by atoms with Gasteiger partial charge in [0.05, 0.1) is 30.9 Å². The SMILES string of the molecule is COC(=O)C1Cc2ccc(OCC(C)CC(C)(C)C(C)ON3C(=O)c4ccccc4C3=O)cc2CN1C. The second-order valence-corrected chi connectivity index (χ2v) is 10.9. The molecule has 198 valence electrons. The number of hydrogen-bond acceptors (Lipinski definition) is 7. The molecule has 0 spiro atoms. The minimum absolute atomic E-state index is 0.200. The molecule has 2 aliphatic rings. The van der Waals surface area contributed by atoms with Crippen LogP contribution in [0, 0.1) is 11.3 Å². The molecule has 2 aliphatic heterocycles. The van der Waals surface area contributed by atoms with E-state index in [4.69, 9.17) is 14.3 Å². The Balaban J connectivity index is 1.32. The fraction of sp³-hybridized carbons (Fsp3) is 0.483. The van der Waals surface area contributed by atoms with Gasteiger partial charge in [-0.1, -0.05) is 39.0 Å². The summed E-state index contributed by atoms with van der Waals surface area (Å²) in [5.74, 6) is -0.0633. The van der Waals surface area contributed by atoms with E-state index in [1.165, 1.54) is 7.11 Å². The smallest absolute Gasteiger partial charge is 0.323 e. The van der Waals surface area contributed by atoms with Crippen molar-refractivity contribution in [2.24, 2.45) is 11.3 Å². The fourth-order valence-electron chi connectivity index (χ4n) is 5.11. The van der Waals surface area contributed by atoms with E-state index in [1.807, 2.05) is 37.1 Å². The first-order valence-corrected chi connectivity index (χ1v) is 12.7. The summed E-state index contributed by atoms with van der Waals surface area (Å²) in [6.07, 6.45) is 1.01. The summed E-state index contributed by atoms with van der Waals surface area (Å²) in [6, 6.07) is 12.5. The number of rotatable bonds is 9. The average Bonchev–Trinajstić information content (AvgIpc) is 3.11. The number of esters is 1. The molecule has 37 heavy (non-hydrogen) atoms. The molecule has 2 amide bonds. The van der Waals surface area contributed by atoms with Crippen molar-refractivity contribution in [1.29, 1.82) is 0 Å². The van der Waals surface area contributed by atoms with E-state index in [1.54, 1.807) is 24.3 Å². The zero-order valence-corrected chi connectivity index (χ0v) is 22.4. The minimum Gasteiger partial charge on any atom is -0.493 e. The lowest BCUT2D eigenvalue weighted by molar-refractivity contribution is -0.162. The molecule has 3 unspecified atom stereocenters. The molecule has 0 N–H and O–H groups in total. The minimum atomic E-state index is -0.421. The number of methoxy groups -OCH3 is 1. The van der Waals surface area contributed by atoms with E-state index in [0.717, 1.165) is 28.4 Å². The molecule has 0 saturated carbocycles. The van der Waals surface area contributed by atoms with Gasteiger partial charge in [0, 0.05) is 6.54 Å². The number of benzene rings is 2. The number of fused-ring (bicyclic) bond motifs is 2. The first kappa shape index (κ1) is 26.8. The highest BCUT2D eigenvalue weighted by atomic mass is 16.7. The van der Waals surface area contributed by atoms with Crippen LogP contribution in [0.2, 0.25) is 0 Å². The van der Waals surface area contributed by atoms with Gasteiger partial charge in [-0.05, 0) is 73.5 Å². The lowest BCUT2D eigenvalue weighted by atomic mass is 9.79. The number of carbonyl (C=O) groups is 3. The molecule has 0 aromatic heterocycles. The van der Waals surface area contributed by atoms with Gasteiger partial charge in [0.1, 0.15) is 11.8 Å². The van der Waals surface area contributed by atoms with E-state index in [-0.39, 0.29) is 29.4 Å². The first-order chi connectivity index (χ1) is 17.5. The summed E-state index contributed by atoms with van der Waals surface area (Å²) in [5.41, 5.74) is 2.71.